The molecule has 1 atom stereocenters. The molecule has 1 unspecified atom stereocenters. The number of rotatable bonds is 3. The number of anilines is 1. The van der Waals surface area contributed by atoms with E-state index in [4.69, 9.17) is 12.2 Å². The molecule has 1 heterocycles. The number of nitrogens with zero attached hydrogens (tertiary/aromatic N) is 1. The standard InChI is InChI=1S/C14H15BrN2O3S/c1-2-4-17(13-3-5-21(19,20)9-13)14(18)10-6-11(15)8-12(16)7-10/h1,6-8,13H,3-5,9,16H2. The summed E-state index contributed by atoms with van der Waals surface area (Å²) in [5, 5.41) is 0. The van der Waals surface area contributed by atoms with E-state index >= 15 is 0 Å². The van der Waals surface area contributed by atoms with Gasteiger partial charge in [0.05, 0.1) is 18.1 Å². The molecule has 0 saturated carbocycles. The van der Waals surface area contributed by atoms with E-state index in [0.29, 0.717) is 22.1 Å². The summed E-state index contributed by atoms with van der Waals surface area (Å²) in [6.45, 7) is 0.0748. The molecular formula is C14H15BrN2O3S. The number of amides is 1. The Morgan fingerprint density at radius 2 is 2.19 bits per heavy atom. The average Bonchev–Trinajstić information content (AvgIpc) is 2.74. The Bertz CT molecular complexity index is 689. The third-order valence-electron chi connectivity index (χ3n) is 3.34. The Morgan fingerprint density at radius 3 is 2.71 bits per heavy atom. The van der Waals surface area contributed by atoms with Gasteiger partial charge in [-0.05, 0) is 24.6 Å². The molecule has 1 aliphatic heterocycles. The molecule has 1 amide bonds. The number of carbonyl (C=O) groups is 1. The first-order valence-corrected chi connectivity index (χ1v) is 8.95. The van der Waals surface area contributed by atoms with Crippen LogP contribution in [0.3, 0.4) is 0 Å². The van der Waals surface area contributed by atoms with E-state index < -0.39 is 9.84 Å². The fourth-order valence-corrected chi connectivity index (χ4v) is 4.63. The van der Waals surface area contributed by atoms with Gasteiger partial charge in [-0.1, -0.05) is 21.9 Å². The number of terminal acetylenes is 1. The molecule has 0 bridgehead atoms. The highest BCUT2D eigenvalue weighted by molar-refractivity contribution is 9.10. The molecule has 0 aliphatic carbocycles. The van der Waals surface area contributed by atoms with E-state index in [1.54, 1.807) is 18.2 Å². The Balaban J connectivity index is 2.30. The maximum atomic E-state index is 12.6. The highest BCUT2D eigenvalue weighted by atomic mass is 79.9. The van der Waals surface area contributed by atoms with Crippen LogP contribution < -0.4 is 5.73 Å². The number of benzene rings is 1. The van der Waals surface area contributed by atoms with E-state index in [-0.39, 0.29) is 30.0 Å². The largest absolute Gasteiger partial charge is 0.399 e. The van der Waals surface area contributed by atoms with Crippen LogP contribution in [0.1, 0.15) is 16.8 Å². The quantitative estimate of drug-likeness (QED) is 0.642. The minimum atomic E-state index is -3.09. The Labute approximate surface area is 132 Å². The zero-order valence-corrected chi connectivity index (χ0v) is 13.7. The summed E-state index contributed by atoms with van der Waals surface area (Å²) in [5.74, 6) is 2.17. The van der Waals surface area contributed by atoms with Crippen molar-refractivity contribution in [3.8, 4) is 12.3 Å². The molecule has 5 nitrogen and oxygen atoms in total. The molecule has 0 aromatic heterocycles. The second kappa shape index (κ2) is 6.08. The third kappa shape index (κ3) is 3.77. The molecule has 1 fully saturated rings. The number of sulfone groups is 1. The van der Waals surface area contributed by atoms with Gasteiger partial charge in [0, 0.05) is 21.8 Å². The first-order valence-electron chi connectivity index (χ1n) is 6.33. The minimum absolute atomic E-state index is 0.0378. The van der Waals surface area contributed by atoms with E-state index in [2.05, 4.69) is 21.9 Å². The van der Waals surface area contributed by atoms with Crippen LogP contribution in [-0.2, 0) is 9.84 Å². The molecule has 21 heavy (non-hydrogen) atoms. The van der Waals surface area contributed by atoms with Crippen molar-refractivity contribution in [2.75, 3.05) is 23.8 Å². The van der Waals surface area contributed by atoms with Crippen molar-refractivity contribution in [3.05, 3.63) is 28.2 Å². The zero-order chi connectivity index (χ0) is 15.6. The first kappa shape index (κ1) is 15.9. The van der Waals surface area contributed by atoms with Crippen molar-refractivity contribution in [2.45, 2.75) is 12.5 Å². The number of nitrogens with two attached hydrogens (primary N) is 1. The molecule has 0 spiro atoms. The number of halogens is 1. The van der Waals surface area contributed by atoms with Gasteiger partial charge in [-0.25, -0.2) is 8.42 Å². The van der Waals surface area contributed by atoms with Gasteiger partial charge in [0.2, 0.25) is 0 Å². The fourth-order valence-electron chi connectivity index (χ4n) is 2.39. The molecule has 2 N–H and O–H groups in total. The summed E-state index contributed by atoms with van der Waals surface area (Å²) in [7, 11) is -3.09. The van der Waals surface area contributed by atoms with Gasteiger partial charge in [0.15, 0.2) is 9.84 Å². The van der Waals surface area contributed by atoms with Crippen molar-refractivity contribution >= 4 is 37.4 Å². The number of hydrogen-bond donors (Lipinski definition) is 1. The van der Waals surface area contributed by atoms with E-state index in [0.717, 1.165) is 0 Å². The Hall–Kier alpha value is -1.52. The minimum Gasteiger partial charge on any atom is -0.399 e. The predicted octanol–water partition coefficient (Wildman–Crippen LogP) is 1.29. The molecule has 7 heteroatoms. The molecule has 112 valence electrons. The highest BCUT2D eigenvalue weighted by Crippen LogP contribution is 2.23. The van der Waals surface area contributed by atoms with Gasteiger partial charge in [-0.3, -0.25) is 4.79 Å². The summed E-state index contributed by atoms with van der Waals surface area (Å²) >= 11 is 3.28. The van der Waals surface area contributed by atoms with Gasteiger partial charge in [-0.15, -0.1) is 6.42 Å². The maximum absolute atomic E-state index is 12.6. The second-order valence-corrected chi connectivity index (χ2v) is 8.11. The van der Waals surface area contributed by atoms with E-state index in [9.17, 15) is 13.2 Å². The fraction of sp³-hybridized carbons (Fsp3) is 0.357. The molecule has 1 aliphatic rings. The van der Waals surface area contributed by atoms with Crippen molar-refractivity contribution in [2.24, 2.45) is 0 Å². The SMILES string of the molecule is C#CCN(C(=O)c1cc(N)cc(Br)c1)C1CCS(=O)(=O)C1. The molecule has 2 rings (SSSR count). The molecule has 1 saturated heterocycles. The van der Waals surface area contributed by atoms with Crippen LogP contribution in [0, 0.1) is 12.3 Å². The summed E-state index contributed by atoms with van der Waals surface area (Å²) in [5.41, 5.74) is 6.57. The monoisotopic (exact) mass is 370 g/mol. The first-order chi connectivity index (χ1) is 9.82. The van der Waals surface area contributed by atoms with Gasteiger partial charge in [-0.2, -0.15) is 0 Å². The number of nitrogen functional groups attached to an aromatic ring is 1. The Morgan fingerprint density at radius 1 is 1.48 bits per heavy atom. The lowest BCUT2D eigenvalue weighted by Crippen LogP contribution is -2.41. The number of hydrogen-bond acceptors (Lipinski definition) is 4. The van der Waals surface area contributed by atoms with Gasteiger partial charge in [0.25, 0.3) is 5.91 Å². The van der Waals surface area contributed by atoms with Gasteiger partial charge >= 0.3 is 0 Å². The lowest BCUT2D eigenvalue weighted by molar-refractivity contribution is 0.0724. The lowest BCUT2D eigenvalue weighted by Gasteiger charge is -2.26. The normalized spacial score (nSPS) is 19.9. The van der Waals surface area contributed by atoms with Crippen LogP contribution in [0.2, 0.25) is 0 Å². The summed E-state index contributed by atoms with van der Waals surface area (Å²) in [6.07, 6.45) is 5.73. The Kier molecular flexibility index (Phi) is 4.59. The van der Waals surface area contributed by atoms with Crippen molar-refractivity contribution in [1.82, 2.24) is 4.90 Å². The van der Waals surface area contributed by atoms with Crippen LogP contribution in [0.15, 0.2) is 22.7 Å². The van der Waals surface area contributed by atoms with Crippen LogP contribution in [-0.4, -0.2) is 43.3 Å². The van der Waals surface area contributed by atoms with Crippen LogP contribution in [0.25, 0.3) is 0 Å². The topological polar surface area (TPSA) is 80.5 Å². The van der Waals surface area contributed by atoms with Crippen molar-refractivity contribution < 1.29 is 13.2 Å². The van der Waals surface area contributed by atoms with Gasteiger partial charge in [0.1, 0.15) is 0 Å². The summed E-state index contributed by atoms with van der Waals surface area (Å²) < 4.78 is 23.9. The van der Waals surface area contributed by atoms with E-state index in [1.165, 1.54) is 4.90 Å². The molecular weight excluding hydrogens is 356 g/mol. The molecule has 1 aromatic carbocycles. The smallest absolute Gasteiger partial charge is 0.255 e. The van der Waals surface area contributed by atoms with E-state index in [1.807, 2.05) is 0 Å². The second-order valence-electron chi connectivity index (χ2n) is 4.97. The van der Waals surface area contributed by atoms with Crippen molar-refractivity contribution in [3.63, 3.8) is 0 Å². The van der Waals surface area contributed by atoms with Crippen molar-refractivity contribution in [1.29, 1.82) is 0 Å². The van der Waals surface area contributed by atoms with Crippen LogP contribution in [0.5, 0.6) is 0 Å². The third-order valence-corrected chi connectivity index (χ3v) is 5.55. The summed E-state index contributed by atoms with van der Waals surface area (Å²) in [4.78, 5) is 14.0. The molecule has 0 radical (unpaired) electrons. The number of carbonyl (C=O) groups excluding carboxylic acids is 1. The van der Waals surface area contributed by atoms with Crippen LogP contribution >= 0.6 is 15.9 Å². The average molecular weight is 371 g/mol. The summed E-state index contributed by atoms with van der Waals surface area (Å²) in [6, 6.07) is 4.51. The predicted molar refractivity (Wildman–Crippen MR) is 85.5 cm³/mol. The molecule has 1 aromatic rings. The lowest BCUT2D eigenvalue weighted by atomic mass is 10.1. The van der Waals surface area contributed by atoms with Gasteiger partial charge < -0.3 is 10.6 Å². The maximum Gasteiger partial charge on any atom is 0.255 e. The van der Waals surface area contributed by atoms with Crippen LogP contribution in [0.4, 0.5) is 5.69 Å². The highest BCUT2D eigenvalue weighted by Gasteiger charge is 2.34. The zero-order valence-electron chi connectivity index (χ0n) is 11.3.